The summed E-state index contributed by atoms with van der Waals surface area (Å²) in [5.41, 5.74) is -0.633. The number of aliphatic carboxylic acids is 1. The van der Waals surface area contributed by atoms with Crippen molar-refractivity contribution in [2.75, 3.05) is 11.4 Å². The van der Waals surface area contributed by atoms with Crippen LogP contribution in [0.2, 0.25) is 5.28 Å². The number of alkyl halides is 2. The Hall–Kier alpha value is -2.10. The number of hydrogen-bond donors (Lipinski definition) is 1. The zero-order valence-electron chi connectivity index (χ0n) is 11.7. The lowest BCUT2D eigenvalue weighted by Gasteiger charge is -2.33. The largest absolute Gasteiger partial charge is 0.477 e. The molecule has 8 nitrogen and oxygen atoms in total. The molecule has 11 heteroatoms. The normalized spacial score (nSPS) is 12.8. The van der Waals surface area contributed by atoms with Crippen molar-refractivity contribution < 1.29 is 23.6 Å². The number of nitrogens with zero attached hydrogens (tertiary/aromatic N) is 4. The van der Waals surface area contributed by atoms with Crippen LogP contribution in [-0.2, 0) is 4.79 Å². The van der Waals surface area contributed by atoms with Crippen molar-refractivity contribution >= 4 is 29.1 Å². The van der Waals surface area contributed by atoms with E-state index in [2.05, 4.69) is 9.97 Å². The fourth-order valence-electron chi connectivity index (χ4n) is 2.02. The first kappa shape index (κ1) is 18.0. The molecule has 0 spiro atoms. The van der Waals surface area contributed by atoms with E-state index >= 15 is 0 Å². The zero-order chi connectivity index (χ0) is 17.1. The van der Waals surface area contributed by atoms with Gasteiger partial charge in [-0.15, -0.1) is 0 Å². The molecule has 0 saturated carbocycles. The molecular weight excluding hydrogens is 326 g/mol. The number of halogens is 3. The van der Waals surface area contributed by atoms with Crippen molar-refractivity contribution in [3.63, 3.8) is 0 Å². The van der Waals surface area contributed by atoms with Crippen LogP contribution < -0.4 is 4.90 Å². The highest BCUT2D eigenvalue weighted by atomic mass is 35.5. The average Bonchev–Trinajstić information content (AvgIpc) is 2.43. The van der Waals surface area contributed by atoms with Crippen LogP contribution >= 0.6 is 11.6 Å². The van der Waals surface area contributed by atoms with Gasteiger partial charge in [-0.3, -0.25) is 10.1 Å². The molecule has 1 rings (SSSR count). The first-order valence-corrected chi connectivity index (χ1v) is 6.59. The Morgan fingerprint density at radius 1 is 1.59 bits per heavy atom. The van der Waals surface area contributed by atoms with Crippen molar-refractivity contribution in [2.24, 2.45) is 0 Å². The van der Waals surface area contributed by atoms with Crippen LogP contribution in [-0.4, -0.2) is 44.5 Å². The number of rotatable bonds is 7. The molecule has 1 N–H and O–H groups in total. The quantitative estimate of drug-likeness (QED) is 0.461. The van der Waals surface area contributed by atoms with Crippen molar-refractivity contribution in [1.82, 2.24) is 9.97 Å². The maximum absolute atomic E-state index is 13.9. The Morgan fingerprint density at radius 3 is 2.59 bits per heavy atom. The monoisotopic (exact) mass is 338 g/mol. The molecule has 0 fully saturated rings. The van der Waals surface area contributed by atoms with Gasteiger partial charge >= 0.3 is 17.6 Å². The van der Waals surface area contributed by atoms with Gasteiger partial charge in [0.15, 0.2) is 0 Å². The minimum absolute atomic E-state index is 0.129. The van der Waals surface area contributed by atoms with Gasteiger partial charge in [0.1, 0.15) is 12.2 Å². The maximum atomic E-state index is 13.9. The fraction of sp³-hybridized carbons (Fsp3) is 0.545. The lowest BCUT2D eigenvalue weighted by Crippen LogP contribution is -2.52. The maximum Gasteiger partial charge on any atom is 0.376 e. The Balaban J connectivity index is 3.45. The summed E-state index contributed by atoms with van der Waals surface area (Å²) < 4.78 is 27.8. The van der Waals surface area contributed by atoms with Crippen molar-refractivity contribution in [3.05, 3.63) is 21.6 Å². The van der Waals surface area contributed by atoms with Gasteiger partial charge in [0, 0.05) is 6.54 Å². The zero-order valence-corrected chi connectivity index (χ0v) is 12.4. The lowest BCUT2D eigenvalue weighted by atomic mass is 10.1. The van der Waals surface area contributed by atoms with Crippen LogP contribution in [0.3, 0.4) is 0 Å². The third-order valence-electron chi connectivity index (χ3n) is 3.00. The second-order valence-electron chi connectivity index (χ2n) is 4.24. The molecule has 1 aromatic heterocycles. The highest BCUT2D eigenvalue weighted by molar-refractivity contribution is 6.28. The van der Waals surface area contributed by atoms with E-state index in [1.807, 2.05) is 0 Å². The summed E-state index contributed by atoms with van der Waals surface area (Å²) in [5, 5.41) is 19.3. The number of carboxylic acids is 1. The summed E-state index contributed by atoms with van der Waals surface area (Å²) >= 11 is 5.57. The predicted octanol–water partition coefficient (Wildman–Crippen LogP) is 2.36. The molecule has 0 bridgehead atoms. The predicted molar refractivity (Wildman–Crippen MR) is 73.4 cm³/mol. The first-order valence-electron chi connectivity index (χ1n) is 6.21. The summed E-state index contributed by atoms with van der Waals surface area (Å²) in [5.74, 6) is -6.88. The van der Waals surface area contributed by atoms with Crippen LogP contribution in [0.1, 0.15) is 20.3 Å². The van der Waals surface area contributed by atoms with E-state index < -0.39 is 34.4 Å². The Morgan fingerprint density at radius 2 is 2.18 bits per heavy atom. The number of hydrogen-bond acceptors (Lipinski definition) is 6. The van der Waals surface area contributed by atoms with Gasteiger partial charge in [-0.2, -0.15) is 13.8 Å². The SMILES string of the molecule is CCC(N(CC)c1nc(Cl)ncc1[N+](=O)[O-])C(F)(F)C(=O)O. The topological polar surface area (TPSA) is 109 Å². The second-order valence-corrected chi connectivity index (χ2v) is 4.58. The minimum Gasteiger partial charge on any atom is -0.477 e. The standard InChI is InChI=1S/C11H13ClF2N4O4/c1-3-7(11(13,14)9(19)20)17(4-2)8-6(18(21)22)5-15-10(12)16-8/h5,7H,3-4H2,1-2H3,(H,19,20). The number of anilines is 1. The molecule has 1 heterocycles. The van der Waals surface area contributed by atoms with Crippen LogP contribution in [0.25, 0.3) is 0 Å². The molecule has 0 amide bonds. The van der Waals surface area contributed by atoms with Gasteiger partial charge in [-0.25, -0.2) is 9.78 Å². The highest BCUT2D eigenvalue weighted by Crippen LogP contribution is 2.34. The van der Waals surface area contributed by atoms with Crippen molar-refractivity contribution in [3.8, 4) is 0 Å². The fourth-order valence-corrected chi connectivity index (χ4v) is 2.15. The third-order valence-corrected chi connectivity index (χ3v) is 3.18. The summed E-state index contributed by atoms with van der Waals surface area (Å²) in [6.07, 6.45) is 0.519. The van der Waals surface area contributed by atoms with E-state index in [1.54, 1.807) is 0 Å². The third kappa shape index (κ3) is 3.38. The smallest absolute Gasteiger partial charge is 0.376 e. The van der Waals surface area contributed by atoms with Gasteiger partial charge in [-0.05, 0) is 24.9 Å². The molecule has 1 aromatic rings. The van der Waals surface area contributed by atoms with E-state index in [0.29, 0.717) is 0 Å². The second kappa shape index (κ2) is 6.77. The van der Waals surface area contributed by atoms with Gasteiger partial charge in [0.2, 0.25) is 11.1 Å². The number of nitro groups is 1. The summed E-state index contributed by atoms with van der Waals surface area (Å²) in [4.78, 5) is 28.9. The van der Waals surface area contributed by atoms with E-state index in [-0.39, 0.29) is 18.2 Å². The summed E-state index contributed by atoms with van der Waals surface area (Å²) in [7, 11) is 0. The van der Waals surface area contributed by atoms with Gasteiger partial charge < -0.3 is 10.0 Å². The summed E-state index contributed by atoms with van der Waals surface area (Å²) in [6.45, 7) is 2.66. The molecule has 1 atom stereocenters. The van der Waals surface area contributed by atoms with Crippen LogP contribution in [0, 0.1) is 10.1 Å². The Bertz CT molecular complexity index is 587. The van der Waals surface area contributed by atoms with Crippen LogP contribution in [0.5, 0.6) is 0 Å². The molecular formula is C11H13ClF2N4O4. The lowest BCUT2D eigenvalue weighted by molar-refractivity contribution is -0.384. The molecule has 0 aliphatic rings. The highest BCUT2D eigenvalue weighted by Gasteiger charge is 2.50. The molecule has 122 valence electrons. The molecule has 0 aromatic carbocycles. The Kier molecular flexibility index (Phi) is 5.53. The van der Waals surface area contributed by atoms with Crippen molar-refractivity contribution in [2.45, 2.75) is 32.2 Å². The number of aromatic nitrogens is 2. The molecule has 0 aliphatic heterocycles. The molecule has 0 aliphatic carbocycles. The van der Waals surface area contributed by atoms with E-state index in [1.165, 1.54) is 13.8 Å². The Labute approximate surface area is 128 Å². The van der Waals surface area contributed by atoms with E-state index in [4.69, 9.17) is 16.7 Å². The van der Waals surface area contributed by atoms with Crippen LogP contribution in [0.4, 0.5) is 20.3 Å². The summed E-state index contributed by atoms with van der Waals surface area (Å²) in [6, 6.07) is -1.82. The molecule has 22 heavy (non-hydrogen) atoms. The molecule has 1 unspecified atom stereocenters. The first-order chi connectivity index (χ1) is 10.2. The minimum atomic E-state index is -4.12. The van der Waals surface area contributed by atoms with Gasteiger partial charge in [0.25, 0.3) is 0 Å². The van der Waals surface area contributed by atoms with E-state index in [0.717, 1.165) is 11.1 Å². The average molecular weight is 339 g/mol. The van der Waals surface area contributed by atoms with Gasteiger partial charge in [-0.1, -0.05) is 6.92 Å². The molecule has 0 saturated heterocycles. The number of carbonyl (C=O) groups is 1. The van der Waals surface area contributed by atoms with Crippen LogP contribution in [0.15, 0.2) is 6.20 Å². The van der Waals surface area contributed by atoms with E-state index in [9.17, 15) is 23.7 Å². The molecule has 0 radical (unpaired) electrons. The number of carboxylic acid groups (broad SMARTS) is 1. The van der Waals surface area contributed by atoms with Crippen molar-refractivity contribution in [1.29, 1.82) is 0 Å². The van der Waals surface area contributed by atoms with Gasteiger partial charge in [0.05, 0.1) is 4.92 Å².